The molecule has 0 radical (unpaired) electrons. The smallest absolute Gasteiger partial charge is 0.237 e. The Hall–Kier alpha value is -1.52. The minimum Gasteiger partial charge on any atom is -0.332 e. The summed E-state index contributed by atoms with van der Waals surface area (Å²) in [6.45, 7) is 4.71. The molecule has 0 spiro atoms. The van der Waals surface area contributed by atoms with Crippen LogP contribution < -0.4 is 0 Å². The molecule has 3 aliphatic rings. The predicted molar refractivity (Wildman–Crippen MR) is 108 cm³/mol. The summed E-state index contributed by atoms with van der Waals surface area (Å²) >= 11 is 0. The monoisotopic (exact) mass is 424 g/mol. The van der Waals surface area contributed by atoms with E-state index in [1.165, 1.54) is 31.9 Å². The van der Waals surface area contributed by atoms with Crippen LogP contribution >= 0.6 is 0 Å². The molecule has 10 heteroatoms. The van der Waals surface area contributed by atoms with Gasteiger partial charge < -0.3 is 9.47 Å². The fourth-order valence-electron chi connectivity index (χ4n) is 4.79. The third-order valence-electron chi connectivity index (χ3n) is 6.37. The first-order valence-electron chi connectivity index (χ1n) is 10.8. The summed E-state index contributed by atoms with van der Waals surface area (Å²) in [5.41, 5.74) is 0. The van der Waals surface area contributed by atoms with Crippen LogP contribution in [0.15, 0.2) is 0 Å². The fourth-order valence-corrected chi connectivity index (χ4v) is 5.91. The topological polar surface area (TPSA) is 91.6 Å². The van der Waals surface area contributed by atoms with Crippen molar-refractivity contribution in [3.05, 3.63) is 11.6 Å². The second-order valence-corrected chi connectivity index (χ2v) is 10.5. The molecule has 0 saturated carbocycles. The first kappa shape index (κ1) is 20.7. The van der Waals surface area contributed by atoms with Crippen LogP contribution in [0, 0.1) is 0 Å². The van der Waals surface area contributed by atoms with Crippen LogP contribution in [0.25, 0.3) is 0 Å². The number of hydrogen-bond donors (Lipinski definition) is 0. The van der Waals surface area contributed by atoms with Crippen LogP contribution in [-0.4, -0.2) is 82.2 Å². The van der Waals surface area contributed by atoms with Crippen LogP contribution in [0.3, 0.4) is 0 Å². The van der Waals surface area contributed by atoms with Gasteiger partial charge in [-0.3, -0.25) is 9.69 Å². The van der Waals surface area contributed by atoms with E-state index < -0.39 is 10.0 Å². The third kappa shape index (κ3) is 4.64. The summed E-state index contributed by atoms with van der Waals surface area (Å²) in [5, 5.41) is 8.69. The second kappa shape index (κ2) is 8.69. The Balaban J connectivity index is 1.45. The van der Waals surface area contributed by atoms with E-state index in [9.17, 15) is 13.2 Å². The van der Waals surface area contributed by atoms with Gasteiger partial charge in [0.15, 0.2) is 11.6 Å². The fraction of sp³-hybridized carbons (Fsp3) is 0.842. The van der Waals surface area contributed by atoms with Gasteiger partial charge >= 0.3 is 0 Å². The maximum atomic E-state index is 12.8. The summed E-state index contributed by atoms with van der Waals surface area (Å²) in [5.74, 6) is 1.64. The van der Waals surface area contributed by atoms with Crippen molar-refractivity contribution in [2.45, 2.75) is 64.1 Å². The maximum Gasteiger partial charge on any atom is 0.237 e. The van der Waals surface area contributed by atoms with E-state index >= 15 is 0 Å². The molecule has 1 aromatic rings. The summed E-state index contributed by atoms with van der Waals surface area (Å²) < 4.78 is 28.0. The van der Waals surface area contributed by atoms with E-state index in [2.05, 4.69) is 15.1 Å². The van der Waals surface area contributed by atoms with E-state index in [4.69, 9.17) is 0 Å². The van der Waals surface area contributed by atoms with Gasteiger partial charge in [-0.05, 0) is 38.8 Å². The van der Waals surface area contributed by atoms with Crippen molar-refractivity contribution in [3.8, 4) is 0 Å². The molecule has 3 aliphatic heterocycles. The molecule has 4 rings (SSSR count). The zero-order valence-corrected chi connectivity index (χ0v) is 18.1. The molecule has 2 saturated heterocycles. The predicted octanol–water partition coefficient (Wildman–Crippen LogP) is 0.983. The van der Waals surface area contributed by atoms with Crippen LogP contribution in [0.2, 0.25) is 0 Å². The zero-order valence-electron chi connectivity index (χ0n) is 17.3. The molecule has 0 N–H and O–H groups in total. The van der Waals surface area contributed by atoms with Crippen molar-refractivity contribution in [1.29, 1.82) is 0 Å². The molecule has 0 aromatic carbocycles. The molecule has 1 aromatic heterocycles. The van der Waals surface area contributed by atoms with Gasteiger partial charge in [-0.15, -0.1) is 10.2 Å². The minimum absolute atomic E-state index is 0.151. The quantitative estimate of drug-likeness (QED) is 0.716. The average molecular weight is 425 g/mol. The largest absolute Gasteiger partial charge is 0.332 e. The lowest BCUT2D eigenvalue weighted by Crippen LogP contribution is -2.45. The number of sulfonamides is 1. The summed E-state index contributed by atoms with van der Waals surface area (Å²) in [6.07, 6.45) is 8.75. The van der Waals surface area contributed by atoms with Gasteiger partial charge in [0.05, 0.1) is 25.4 Å². The van der Waals surface area contributed by atoms with E-state index in [0.29, 0.717) is 32.7 Å². The van der Waals surface area contributed by atoms with Gasteiger partial charge in [0.2, 0.25) is 15.9 Å². The molecule has 0 aliphatic carbocycles. The highest BCUT2D eigenvalue weighted by Gasteiger charge is 2.36. The standard InChI is InChI=1S/C19H32N6O3S/c1-29(27,28)25-11-7-4-8-16(25)19-21-20-17-14-23(12-13-24(17)19)18(26)15-22-9-5-2-3-6-10-22/h16H,2-15H2,1H3. The number of hydrogen-bond acceptors (Lipinski definition) is 6. The molecular formula is C19H32N6O3S. The van der Waals surface area contributed by atoms with Crippen LogP contribution in [0.5, 0.6) is 0 Å². The molecule has 2 fully saturated rings. The number of rotatable bonds is 4. The van der Waals surface area contributed by atoms with Crippen LogP contribution in [0.4, 0.5) is 0 Å². The third-order valence-corrected chi connectivity index (χ3v) is 7.66. The molecule has 1 unspecified atom stereocenters. The Morgan fingerprint density at radius 2 is 1.69 bits per heavy atom. The number of amides is 1. The Morgan fingerprint density at radius 1 is 0.966 bits per heavy atom. The Bertz CT molecular complexity index is 831. The number of aromatic nitrogens is 3. The highest BCUT2D eigenvalue weighted by molar-refractivity contribution is 7.88. The lowest BCUT2D eigenvalue weighted by atomic mass is 10.0. The lowest BCUT2D eigenvalue weighted by molar-refractivity contribution is -0.134. The van der Waals surface area contributed by atoms with Crippen LogP contribution in [-0.2, 0) is 27.9 Å². The van der Waals surface area contributed by atoms with Crippen molar-refractivity contribution in [1.82, 2.24) is 28.9 Å². The van der Waals surface area contributed by atoms with Gasteiger partial charge in [0.25, 0.3) is 0 Å². The number of piperidine rings is 1. The lowest BCUT2D eigenvalue weighted by Gasteiger charge is -2.35. The minimum atomic E-state index is -3.29. The van der Waals surface area contributed by atoms with Crippen molar-refractivity contribution >= 4 is 15.9 Å². The van der Waals surface area contributed by atoms with Crippen molar-refractivity contribution in [2.24, 2.45) is 0 Å². The number of carbonyl (C=O) groups excluding carboxylic acids is 1. The van der Waals surface area contributed by atoms with E-state index in [1.807, 2.05) is 9.47 Å². The number of fused-ring (bicyclic) bond motifs is 1. The van der Waals surface area contributed by atoms with Gasteiger partial charge in [-0.1, -0.05) is 19.3 Å². The van der Waals surface area contributed by atoms with Crippen molar-refractivity contribution in [2.75, 3.05) is 39.0 Å². The second-order valence-electron chi connectivity index (χ2n) is 8.52. The normalized spacial score (nSPS) is 24.9. The summed E-state index contributed by atoms with van der Waals surface area (Å²) in [7, 11) is -3.29. The maximum absolute atomic E-state index is 12.8. The highest BCUT2D eigenvalue weighted by Crippen LogP contribution is 2.32. The Kier molecular flexibility index (Phi) is 6.21. The van der Waals surface area contributed by atoms with E-state index in [-0.39, 0.29) is 11.9 Å². The summed E-state index contributed by atoms with van der Waals surface area (Å²) in [4.78, 5) is 17.0. The van der Waals surface area contributed by atoms with Gasteiger partial charge in [-0.25, -0.2) is 8.42 Å². The first-order chi connectivity index (χ1) is 13.9. The molecule has 162 valence electrons. The van der Waals surface area contributed by atoms with Gasteiger partial charge in [0, 0.05) is 19.6 Å². The van der Waals surface area contributed by atoms with Crippen molar-refractivity contribution < 1.29 is 13.2 Å². The molecule has 1 atom stereocenters. The number of likely N-dealkylation sites (tertiary alicyclic amines) is 1. The van der Waals surface area contributed by atoms with Crippen molar-refractivity contribution in [3.63, 3.8) is 0 Å². The first-order valence-corrected chi connectivity index (χ1v) is 12.7. The summed E-state index contributed by atoms with van der Waals surface area (Å²) in [6, 6.07) is -0.251. The SMILES string of the molecule is CS(=O)(=O)N1CCCCC1c1nnc2n1CCN(C(=O)CN1CCCCCC1)C2. The molecule has 29 heavy (non-hydrogen) atoms. The average Bonchev–Trinajstić information content (AvgIpc) is 2.95. The van der Waals surface area contributed by atoms with Crippen LogP contribution in [0.1, 0.15) is 62.6 Å². The van der Waals surface area contributed by atoms with E-state index in [0.717, 1.165) is 44.0 Å². The molecule has 0 bridgehead atoms. The Morgan fingerprint density at radius 3 is 2.41 bits per heavy atom. The molecule has 4 heterocycles. The highest BCUT2D eigenvalue weighted by atomic mass is 32.2. The molecule has 9 nitrogen and oxygen atoms in total. The number of carbonyl (C=O) groups is 1. The molecule has 1 amide bonds. The van der Waals surface area contributed by atoms with Gasteiger partial charge in [-0.2, -0.15) is 4.31 Å². The zero-order chi connectivity index (χ0) is 20.4. The van der Waals surface area contributed by atoms with Gasteiger partial charge in [0.1, 0.15) is 0 Å². The van der Waals surface area contributed by atoms with E-state index in [1.54, 1.807) is 4.31 Å². The Labute approximate surface area is 173 Å². The number of nitrogens with zero attached hydrogens (tertiary/aromatic N) is 6. The molecular weight excluding hydrogens is 392 g/mol.